The Bertz CT molecular complexity index is 96.6. The Labute approximate surface area is 50.3 Å². The monoisotopic (exact) mass is 112 g/mol. The number of ether oxygens (including phenoxy) is 1. The van der Waals surface area contributed by atoms with Crippen molar-refractivity contribution in [1.29, 1.82) is 0 Å². The van der Waals surface area contributed by atoms with Crippen LogP contribution in [0.15, 0.2) is 12.2 Å². The molecule has 2 atom stereocenters. The van der Waals surface area contributed by atoms with Crippen LogP contribution in [0, 0.1) is 5.92 Å². The van der Waals surface area contributed by atoms with Gasteiger partial charge in [-0.3, -0.25) is 0 Å². The normalized spacial score (nSPS) is 36.2. The number of hydrogen-bond acceptors (Lipinski definition) is 1. The lowest BCUT2D eigenvalue weighted by atomic mass is 10.1. The van der Waals surface area contributed by atoms with Gasteiger partial charge in [0.2, 0.25) is 0 Å². The summed E-state index contributed by atoms with van der Waals surface area (Å²) in [4.78, 5) is 0. The van der Waals surface area contributed by atoms with E-state index in [0.717, 1.165) is 0 Å². The van der Waals surface area contributed by atoms with Crippen molar-refractivity contribution in [2.24, 2.45) is 5.92 Å². The minimum atomic E-state index is 0.384. The fourth-order valence-electron chi connectivity index (χ4n) is 1.06. The molecule has 0 aromatic rings. The van der Waals surface area contributed by atoms with Gasteiger partial charge in [-0.15, -0.1) is 0 Å². The van der Waals surface area contributed by atoms with E-state index in [0.29, 0.717) is 12.0 Å². The third-order valence-corrected chi connectivity index (χ3v) is 1.67. The summed E-state index contributed by atoms with van der Waals surface area (Å²) < 4.78 is 5.14. The zero-order valence-electron chi connectivity index (χ0n) is 5.42. The van der Waals surface area contributed by atoms with Crippen LogP contribution in [0.3, 0.4) is 0 Å². The average molecular weight is 112 g/mol. The van der Waals surface area contributed by atoms with Gasteiger partial charge in [0.05, 0.1) is 6.10 Å². The Balaban J connectivity index is 2.41. The van der Waals surface area contributed by atoms with Crippen LogP contribution >= 0.6 is 0 Å². The second kappa shape index (κ2) is 2.31. The van der Waals surface area contributed by atoms with Crippen LogP contribution < -0.4 is 0 Å². The van der Waals surface area contributed by atoms with E-state index in [2.05, 4.69) is 19.1 Å². The molecule has 2 unspecified atom stereocenters. The summed E-state index contributed by atoms with van der Waals surface area (Å²) in [6.07, 6.45) is 5.87. The Morgan fingerprint density at radius 3 is 2.62 bits per heavy atom. The van der Waals surface area contributed by atoms with E-state index >= 15 is 0 Å². The SMILES string of the molecule is COC1C=CCC1C. The maximum absolute atomic E-state index is 5.14. The van der Waals surface area contributed by atoms with Crippen molar-refractivity contribution in [2.75, 3.05) is 7.11 Å². The topological polar surface area (TPSA) is 9.23 Å². The van der Waals surface area contributed by atoms with Crippen molar-refractivity contribution in [3.05, 3.63) is 12.2 Å². The number of methoxy groups -OCH3 is 1. The van der Waals surface area contributed by atoms with Crippen LogP contribution in [-0.4, -0.2) is 13.2 Å². The Morgan fingerprint density at radius 1 is 1.62 bits per heavy atom. The first-order valence-corrected chi connectivity index (χ1v) is 3.04. The molecule has 0 saturated carbocycles. The first-order valence-electron chi connectivity index (χ1n) is 3.04. The summed E-state index contributed by atoms with van der Waals surface area (Å²) >= 11 is 0. The molecule has 0 radical (unpaired) electrons. The molecule has 46 valence electrons. The average Bonchev–Trinajstić information content (AvgIpc) is 2.14. The van der Waals surface area contributed by atoms with Crippen molar-refractivity contribution >= 4 is 0 Å². The lowest BCUT2D eigenvalue weighted by Crippen LogP contribution is -2.11. The molecule has 0 aliphatic heterocycles. The molecule has 1 nitrogen and oxygen atoms in total. The summed E-state index contributed by atoms with van der Waals surface area (Å²) in [7, 11) is 1.76. The van der Waals surface area contributed by atoms with Crippen LogP contribution in [0.4, 0.5) is 0 Å². The molecular formula is C7H12O. The molecule has 1 aliphatic carbocycles. The first kappa shape index (κ1) is 5.83. The van der Waals surface area contributed by atoms with Crippen molar-refractivity contribution in [3.8, 4) is 0 Å². The zero-order valence-corrected chi connectivity index (χ0v) is 5.42. The molecule has 8 heavy (non-hydrogen) atoms. The molecule has 0 aromatic heterocycles. The second-order valence-electron chi connectivity index (χ2n) is 2.34. The first-order chi connectivity index (χ1) is 3.84. The molecule has 0 fully saturated rings. The number of rotatable bonds is 1. The highest BCUT2D eigenvalue weighted by molar-refractivity contribution is 5.00. The van der Waals surface area contributed by atoms with E-state index in [1.807, 2.05) is 0 Å². The Hall–Kier alpha value is -0.300. The Morgan fingerprint density at radius 2 is 2.38 bits per heavy atom. The predicted molar refractivity (Wildman–Crippen MR) is 33.7 cm³/mol. The minimum absolute atomic E-state index is 0.384. The smallest absolute Gasteiger partial charge is 0.0780 e. The minimum Gasteiger partial charge on any atom is -0.377 e. The molecule has 0 bridgehead atoms. The van der Waals surface area contributed by atoms with Crippen LogP contribution in [0.25, 0.3) is 0 Å². The highest BCUT2D eigenvalue weighted by atomic mass is 16.5. The van der Waals surface area contributed by atoms with Crippen LogP contribution in [0.2, 0.25) is 0 Å². The van der Waals surface area contributed by atoms with Gasteiger partial charge in [-0.05, 0) is 12.3 Å². The molecule has 1 aliphatic rings. The summed E-state index contributed by atoms with van der Waals surface area (Å²) in [6.45, 7) is 2.20. The lowest BCUT2D eigenvalue weighted by molar-refractivity contribution is 0.106. The predicted octanol–water partition coefficient (Wildman–Crippen LogP) is 1.60. The van der Waals surface area contributed by atoms with E-state index < -0.39 is 0 Å². The van der Waals surface area contributed by atoms with Crippen molar-refractivity contribution in [2.45, 2.75) is 19.4 Å². The highest BCUT2D eigenvalue weighted by Crippen LogP contribution is 2.19. The van der Waals surface area contributed by atoms with Crippen LogP contribution in [-0.2, 0) is 4.74 Å². The summed E-state index contributed by atoms with van der Waals surface area (Å²) in [5.41, 5.74) is 0. The largest absolute Gasteiger partial charge is 0.377 e. The number of allylic oxidation sites excluding steroid dienone is 1. The molecule has 0 spiro atoms. The van der Waals surface area contributed by atoms with Crippen LogP contribution in [0.5, 0.6) is 0 Å². The maximum atomic E-state index is 5.14. The van der Waals surface area contributed by atoms with Gasteiger partial charge in [0.1, 0.15) is 0 Å². The van der Waals surface area contributed by atoms with Gasteiger partial charge in [0.15, 0.2) is 0 Å². The molecule has 0 saturated heterocycles. The summed E-state index contributed by atoms with van der Waals surface area (Å²) in [5.74, 6) is 0.694. The fraction of sp³-hybridized carbons (Fsp3) is 0.714. The lowest BCUT2D eigenvalue weighted by Gasteiger charge is -2.10. The van der Waals surface area contributed by atoms with Crippen molar-refractivity contribution in [1.82, 2.24) is 0 Å². The van der Waals surface area contributed by atoms with Gasteiger partial charge >= 0.3 is 0 Å². The maximum Gasteiger partial charge on any atom is 0.0780 e. The quantitative estimate of drug-likeness (QED) is 0.468. The molecule has 0 heterocycles. The fourth-order valence-corrected chi connectivity index (χ4v) is 1.06. The van der Waals surface area contributed by atoms with Gasteiger partial charge < -0.3 is 4.74 Å². The van der Waals surface area contributed by atoms with Crippen molar-refractivity contribution < 1.29 is 4.74 Å². The third-order valence-electron chi connectivity index (χ3n) is 1.67. The molecular weight excluding hydrogens is 100 g/mol. The molecule has 1 heteroatoms. The zero-order chi connectivity index (χ0) is 5.98. The third kappa shape index (κ3) is 0.920. The van der Waals surface area contributed by atoms with Crippen molar-refractivity contribution in [3.63, 3.8) is 0 Å². The second-order valence-corrected chi connectivity index (χ2v) is 2.34. The van der Waals surface area contributed by atoms with E-state index in [1.165, 1.54) is 6.42 Å². The molecule has 0 aromatic carbocycles. The van der Waals surface area contributed by atoms with Gasteiger partial charge in [-0.25, -0.2) is 0 Å². The number of hydrogen-bond donors (Lipinski definition) is 0. The van der Waals surface area contributed by atoms with E-state index in [4.69, 9.17) is 4.74 Å². The van der Waals surface area contributed by atoms with E-state index in [9.17, 15) is 0 Å². The van der Waals surface area contributed by atoms with Crippen LogP contribution in [0.1, 0.15) is 13.3 Å². The molecule has 0 amide bonds. The summed E-state index contributed by atoms with van der Waals surface area (Å²) in [5, 5.41) is 0. The summed E-state index contributed by atoms with van der Waals surface area (Å²) in [6, 6.07) is 0. The van der Waals surface area contributed by atoms with Gasteiger partial charge in [0.25, 0.3) is 0 Å². The van der Waals surface area contributed by atoms with E-state index in [1.54, 1.807) is 7.11 Å². The standard InChI is InChI=1S/C7H12O/c1-6-4-3-5-7(6)8-2/h3,5-7H,4H2,1-2H3. The highest BCUT2D eigenvalue weighted by Gasteiger charge is 2.16. The van der Waals surface area contributed by atoms with Gasteiger partial charge in [-0.2, -0.15) is 0 Å². The Kier molecular flexibility index (Phi) is 1.69. The van der Waals surface area contributed by atoms with Gasteiger partial charge in [0, 0.05) is 7.11 Å². The van der Waals surface area contributed by atoms with Gasteiger partial charge in [-0.1, -0.05) is 19.1 Å². The van der Waals surface area contributed by atoms with E-state index in [-0.39, 0.29) is 0 Å². The molecule has 1 rings (SSSR count). The molecule has 0 N–H and O–H groups in total.